The van der Waals surface area contributed by atoms with E-state index in [-0.39, 0.29) is 5.82 Å². The molecule has 6 nitrogen and oxygen atoms in total. The smallest absolute Gasteiger partial charge is 0.159 e. The van der Waals surface area contributed by atoms with Crippen molar-refractivity contribution in [2.24, 2.45) is 5.73 Å². The maximum absolute atomic E-state index is 14.0. The van der Waals surface area contributed by atoms with Crippen LogP contribution in [0.1, 0.15) is 17.4 Å². The highest BCUT2D eigenvalue weighted by molar-refractivity contribution is 6.30. The van der Waals surface area contributed by atoms with Gasteiger partial charge in [-0.3, -0.25) is 4.90 Å². The molecule has 10 heteroatoms. The van der Waals surface area contributed by atoms with Gasteiger partial charge in [0.15, 0.2) is 11.6 Å². The third kappa shape index (κ3) is 5.11. The standard InChI is InChI=1S/C27H23ClF3N5O/c28-18-4-8-20(9-5-18)33-27-25(16-1-6-19(29)7-2-16)34-24-14-35(11-12-36(24)27)26(23(32)15-37)17-3-10-21(30)22(31)13-17/h1-10,13,15,23,26,33H,11-12,14,32H2/t23-,26?/m1/s1. The largest absolute Gasteiger partial charge is 0.340 e. The summed E-state index contributed by atoms with van der Waals surface area (Å²) in [4.78, 5) is 18.4. The van der Waals surface area contributed by atoms with Crippen molar-refractivity contribution in [2.45, 2.75) is 25.2 Å². The lowest BCUT2D eigenvalue weighted by Gasteiger charge is -2.37. The van der Waals surface area contributed by atoms with Crippen LogP contribution in [-0.4, -0.2) is 33.3 Å². The minimum atomic E-state index is -1.01. The minimum Gasteiger partial charge on any atom is -0.340 e. The molecule has 2 atom stereocenters. The van der Waals surface area contributed by atoms with Crippen LogP contribution in [0.5, 0.6) is 0 Å². The van der Waals surface area contributed by atoms with E-state index in [0.29, 0.717) is 59.4 Å². The van der Waals surface area contributed by atoms with Crippen molar-refractivity contribution in [1.29, 1.82) is 0 Å². The Bertz CT molecular complexity index is 1430. The Balaban J connectivity index is 1.54. The lowest BCUT2D eigenvalue weighted by molar-refractivity contribution is -0.110. The van der Waals surface area contributed by atoms with E-state index in [4.69, 9.17) is 22.3 Å². The second kappa shape index (κ2) is 10.4. The first-order chi connectivity index (χ1) is 17.8. The number of rotatable bonds is 7. The van der Waals surface area contributed by atoms with Crippen molar-refractivity contribution in [3.8, 4) is 11.3 Å². The van der Waals surface area contributed by atoms with Gasteiger partial charge >= 0.3 is 0 Å². The second-order valence-electron chi connectivity index (χ2n) is 8.82. The Morgan fingerprint density at radius 1 is 0.973 bits per heavy atom. The third-order valence-corrected chi connectivity index (χ3v) is 6.68. The van der Waals surface area contributed by atoms with Gasteiger partial charge in [-0.05, 0) is 66.2 Å². The SMILES string of the molecule is N[C@H](C=O)C(c1ccc(F)c(F)c1)N1CCn2c(nc(-c3ccc(F)cc3)c2Nc2ccc(Cl)cc2)C1. The van der Waals surface area contributed by atoms with Crippen LogP contribution in [0.4, 0.5) is 24.7 Å². The highest BCUT2D eigenvalue weighted by Crippen LogP contribution is 2.36. The van der Waals surface area contributed by atoms with Gasteiger partial charge in [-0.15, -0.1) is 0 Å². The summed E-state index contributed by atoms with van der Waals surface area (Å²) in [6.07, 6.45) is 0.602. The van der Waals surface area contributed by atoms with Crippen LogP contribution in [0, 0.1) is 17.5 Å². The lowest BCUT2D eigenvalue weighted by atomic mass is 9.98. The van der Waals surface area contributed by atoms with Gasteiger partial charge in [0.25, 0.3) is 0 Å². The number of nitrogens with zero attached hydrogens (tertiary/aromatic N) is 3. The molecule has 0 bridgehead atoms. The fourth-order valence-corrected chi connectivity index (χ4v) is 4.77. The molecule has 3 N–H and O–H groups in total. The summed E-state index contributed by atoms with van der Waals surface area (Å²) in [5.41, 5.74) is 8.66. The molecule has 5 rings (SSSR count). The van der Waals surface area contributed by atoms with Crippen molar-refractivity contribution in [3.63, 3.8) is 0 Å². The molecule has 37 heavy (non-hydrogen) atoms. The summed E-state index contributed by atoms with van der Waals surface area (Å²) in [5.74, 6) is -0.950. The fourth-order valence-electron chi connectivity index (χ4n) is 4.64. The molecule has 1 aromatic heterocycles. The van der Waals surface area contributed by atoms with Crippen LogP contribution in [0.3, 0.4) is 0 Å². The summed E-state index contributed by atoms with van der Waals surface area (Å²) in [7, 11) is 0. The number of benzene rings is 3. The van der Waals surface area contributed by atoms with Crippen molar-refractivity contribution >= 4 is 29.4 Å². The number of carbonyl (C=O) groups is 1. The minimum absolute atomic E-state index is 0.293. The zero-order valence-electron chi connectivity index (χ0n) is 19.5. The van der Waals surface area contributed by atoms with Gasteiger partial charge < -0.3 is 20.4 Å². The average molecular weight is 526 g/mol. The molecule has 0 saturated carbocycles. The lowest BCUT2D eigenvalue weighted by Crippen LogP contribution is -2.45. The van der Waals surface area contributed by atoms with Gasteiger partial charge in [0.2, 0.25) is 0 Å². The summed E-state index contributed by atoms with van der Waals surface area (Å²) in [5, 5.41) is 4.00. The molecule has 3 aromatic carbocycles. The van der Waals surface area contributed by atoms with E-state index in [2.05, 4.69) is 5.32 Å². The van der Waals surface area contributed by atoms with Gasteiger partial charge in [0.1, 0.15) is 29.4 Å². The summed E-state index contributed by atoms with van der Waals surface area (Å²) >= 11 is 6.04. The van der Waals surface area contributed by atoms with Crippen LogP contribution in [0.25, 0.3) is 11.3 Å². The molecule has 0 radical (unpaired) electrons. The van der Waals surface area contributed by atoms with Crippen molar-refractivity contribution in [3.05, 3.63) is 101 Å². The molecule has 0 fully saturated rings. The maximum atomic E-state index is 14.0. The summed E-state index contributed by atoms with van der Waals surface area (Å²) < 4.78 is 43.3. The molecule has 4 aromatic rings. The van der Waals surface area contributed by atoms with E-state index in [9.17, 15) is 18.0 Å². The van der Waals surface area contributed by atoms with Gasteiger partial charge in [-0.1, -0.05) is 17.7 Å². The normalized spacial score (nSPS) is 15.2. The van der Waals surface area contributed by atoms with E-state index in [0.717, 1.165) is 17.8 Å². The van der Waals surface area contributed by atoms with Gasteiger partial charge in [-0.25, -0.2) is 18.2 Å². The highest BCUT2D eigenvalue weighted by Gasteiger charge is 2.32. The molecule has 0 saturated heterocycles. The fraction of sp³-hybridized carbons (Fsp3) is 0.185. The Hall–Kier alpha value is -3.66. The Morgan fingerprint density at radius 3 is 2.38 bits per heavy atom. The van der Waals surface area contributed by atoms with Gasteiger partial charge in [0.05, 0.1) is 18.6 Å². The first kappa shape index (κ1) is 25.0. The van der Waals surface area contributed by atoms with Crippen LogP contribution in [-0.2, 0) is 17.9 Å². The summed E-state index contributed by atoms with van der Waals surface area (Å²) in [6.45, 7) is 1.24. The number of anilines is 2. The van der Waals surface area contributed by atoms with E-state index in [1.54, 1.807) is 24.3 Å². The molecular weight excluding hydrogens is 503 g/mol. The van der Waals surface area contributed by atoms with Crippen molar-refractivity contribution in [1.82, 2.24) is 14.5 Å². The average Bonchev–Trinajstić information content (AvgIpc) is 3.25. The number of aromatic nitrogens is 2. The van der Waals surface area contributed by atoms with Gasteiger partial charge in [0, 0.05) is 29.4 Å². The molecule has 1 unspecified atom stereocenters. The number of fused-ring (bicyclic) bond motifs is 1. The zero-order chi connectivity index (χ0) is 26.1. The first-order valence-corrected chi connectivity index (χ1v) is 12.0. The van der Waals surface area contributed by atoms with Crippen LogP contribution < -0.4 is 11.1 Å². The molecule has 0 aliphatic carbocycles. The van der Waals surface area contributed by atoms with Gasteiger partial charge in [-0.2, -0.15) is 0 Å². The number of hydrogen-bond donors (Lipinski definition) is 2. The number of nitrogens with one attached hydrogen (secondary N) is 1. The molecule has 0 amide bonds. The van der Waals surface area contributed by atoms with Crippen LogP contribution in [0.15, 0.2) is 66.7 Å². The predicted molar refractivity (Wildman–Crippen MR) is 136 cm³/mol. The quantitative estimate of drug-likeness (QED) is 0.314. The molecule has 1 aliphatic rings. The molecule has 2 heterocycles. The number of halogens is 4. The van der Waals surface area contributed by atoms with E-state index in [1.165, 1.54) is 18.2 Å². The van der Waals surface area contributed by atoms with E-state index < -0.39 is 23.7 Å². The predicted octanol–water partition coefficient (Wildman–Crippen LogP) is 5.45. The topological polar surface area (TPSA) is 76.2 Å². The highest BCUT2D eigenvalue weighted by atomic mass is 35.5. The van der Waals surface area contributed by atoms with Crippen LogP contribution >= 0.6 is 11.6 Å². The van der Waals surface area contributed by atoms with Crippen molar-refractivity contribution in [2.75, 3.05) is 11.9 Å². The summed E-state index contributed by atoms with van der Waals surface area (Å²) in [6, 6.07) is 15.2. The number of imidazole rings is 1. The zero-order valence-corrected chi connectivity index (χ0v) is 20.3. The Kier molecular flexibility index (Phi) is 7.01. The number of aldehydes is 1. The number of nitrogens with two attached hydrogens (primary N) is 1. The second-order valence-corrected chi connectivity index (χ2v) is 9.25. The van der Waals surface area contributed by atoms with Crippen molar-refractivity contribution < 1.29 is 18.0 Å². The molecule has 0 spiro atoms. The Morgan fingerprint density at radius 2 is 1.70 bits per heavy atom. The molecule has 1 aliphatic heterocycles. The van der Waals surface area contributed by atoms with E-state index >= 15 is 0 Å². The number of carbonyl (C=O) groups excluding carboxylic acids is 1. The molecule has 190 valence electrons. The Labute approximate surface area is 216 Å². The van der Waals surface area contributed by atoms with Crippen LogP contribution in [0.2, 0.25) is 5.02 Å². The third-order valence-electron chi connectivity index (χ3n) is 6.43. The number of hydrogen-bond acceptors (Lipinski definition) is 5. The molecular formula is C27H23ClF3N5O. The maximum Gasteiger partial charge on any atom is 0.159 e. The first-order valence-electron chi connectivity index (χ1n) is 11.6. The monoisotopic (exact) mass is 525 g/mol. The van der Waals surface area contributed by atoms with E-state index in [1.807, 2.05) is 21.6 Å².